The Morgan fingerprint density at radius 2 is 2.25 bits per heavy atom. The van der Waals surface area contributed by atoms with Crippen molar-refractivity contribution in [3.8, 4) is 0 Å². The molecule has 0 aliphatic rings. The lowest BCUT2D eigenvalue weighted by Gasteiger charge is -2.02. The highest BCUT2D eigenvalue weighted by Crippen LogP contribution is 2.09. The number of esters is 1. The van der Waals surface area contributed by atoms with Gasteiger partial charge in [-0.2, -0.15) is 0 Å². The lowest BCUT2D eigenvalue weighted by molar-refractivity contribution is 0.0525. The van der Waals surface area contributed by atoms with Crippen molar-refractivity contribution in [3.63, 3.8) is 0 Å². The van der Waals surface area contributed by atoms with Crippen molar-refractivity contribution in [1.82, 2.24) is 4.98 Å². The minimum Gasteiger partial charge on any atom is -0.462 e. The van der Waals surface area contributed by atoms with Gasteiger partial charge in [0.05, 0.1) is 12.2 Å². The van der Waals surface area contributed by atoms with Gasteiger partial charge in [-0.1, -0.05) is 6.58 Å². The van der Waals surface area contributed by atoms with Gasteiger partial charge in [0.1, 0.15) is 0 Å². The Labute approximate surface area is 93.7 Å². The molecule has 0 aliphatic heterocycles. The van der Waals surface area contributed by atoms with Crippen LogP contribution in [0.4, 0.5) is 0 Å². The topological polar surface area (TPSA) is 73.3 Å². The zero-order chi connectivity index (χ0) is 12.2. The molecular weight excluding hydrogens is 230 g/mol. The third-order valence-corrected chi connectivity index (χ3v) is 3.02. The fourth-order valence-corrected chi connectivity index (χ4v) is 1.60. The summed E-state index contributed by atoms with van der Waals surface area (Å²) in [5, 5.41) is 0.662. The predicted molar refractivity (Wildman–Crippen MR) is 57.6 cm³/mol. The molecule has 0 bridgehead atoms. The van der Waals surface area contributed by atoms with Crippen molar-refractivity contribution >= 4 is 15.8 Å². The third-order valence-electron chi connectivity index (χ3n) is 1.76. The maximum Gasteiger partial charge on any atom is 0.339 e. The Kier molecular flexibility index (Phi) is 3.78. The van der Waals surface area contributed by atoms with Gasteiger partial charge in [-0.15, -0.1) is 0 Å². The molecule has 1 aromatic heterocycles. The number of sulfone groups is 1. The summed E-state index contributed by atoms with van der Waals surface area (Å²) in [7, 11) is -3.55. The van der Waals surface area contributed by atoms with Gasteiger partial charge in [-0.25, -0.2) is 18.2 Å². The molecule has 5 nitrogen and oxygen atoms in total. The van der Waals surface area contributed by atoms with Crippen molar-refractivity contribution in [2.75, 3.05) is 6.61 Å². The van der Waals surface area contributed by atoms with Crippen LogP contribution in [0.15, 0.2) is 35.3 Å². The number of pyridine rings is 1. The summed E-state index contributed by atoms with van der Waals surface area (Å²) in [5.74, 6) is -0.530. The van der Waals surface area contributed by atoms with Crippen LogP contribution in [0.2, 0.25) is 0 Å². The summed E-state index contributed by atoms with van der Waals surface area (Å²) < 4.78 is 27.4. The van der Waals surface area contributed by atoms with Gasteiger partial charge >= 0.3 is 5.97 Å². The van der Waals surface area contributed by atoms with Crippen LogP contribution >= 0.6 is 0 Å². The maximum atomic E-state index is 11.3. The summed E-state index contributed by atoms with van der Waals surface area (Å²) in [6.07, 6.45) is 1.16. The molecule has 0 unspecified atom stereocenters. The number of ether oxygens (including phenoxy) is 1. The predicted octanol–water partition coefficient (Wildman–Crippen LogP) is 1.18. The average molecular weight is 241 g/mol. The molecule has 0 amide bonds. The minimum atomic E-state index is -3.55. The lowest BCUT2D eigenvalue weighted by atomic mass is 10.3. The molecule has 0 fully saturated rings. The Morgan fingerprint density at radius 3 is 2.69 bits per heavy atom. The van der Waals surface area contributed by atoms with Crippen LogP contribution in [0.1, 0.15) is 17.3 Å². The molecule has 1 heterocycles. The van der Waals surface area contributed by atoms with E-state index in [2.05, 4.69) is 11.6 Å². The molecule has 16 heavy (non-hydrogen) atoms. The van der Waals surface area contributed by atoms with Crippen molar-refractivity contribution in [2.45, 2.75) is 11.9 Å². The number of rotatable bonds is 4. The van der Waals surface area contributed by atoms with Crippen LogP contribution < -0.4 is 0 Å². The molecule has 0 aromatic carbocycles. The molecule has 0 aliphatic carbocycles. The first-order chi connectivity index (χ1) is 7.51. The summed E-state index contributed by atoms with van der Waals surface area (Å²) >= 11 is 0. The largest absolute Gasteiger partial charge is 0.462 e. The number of hydrogen-bond donors (Lipinski definition) is 0. The van der Waals surface area contributed by atoms with Gasteiger partial charge in [0.15, 0.2) is 5.03 Å². The SMILES string of the molecule is C=CS(=O)(=O)c1ccc(C(=O)OCC)cn1. The Morgan fingerprint density at radius 1 is 1.56 bits per heavy atom. The van der Waals surface area contributed by atoms with Crippen molar-refractivity contribution in [1.29, 1.82) is 0 Å². The van der Waals surface area contributed by atoms with E-state index in [0.717, 1.165) is 11.6 Å². The molecule has 1 aromatic rings. The van der Waals surface area contributed by atoms with Crippen molar-refractivity contribution in [3.05, 3.63) is 35.9 Å². The van der Waals surface area contributed by atoms with E-state index in [9.17, 15) is 13.2 Å². The highest BCUT2D eigenvalue weighted by molar-refractivity contribution is 7.94. The first-order valence-electron chi connectivity index (χ1n) is 4.52. The monoisotopic (exact) mass is 241 g/mol. The highest BCUT2D eigenvalue weighted by atomic mass is 32.2. The Balaban J connectivity index is 3.00. The van der Waals surface area contributed by atoms with Crippen LogP contribution in [0, 0.1) is 0 Å². The second kappa shape index (κ2) is 4.89. The summed E-state index contributed by atoms with van der Waals surface area (Å²) in [6.45, 7) is 5.11. The zero-order valence-corrected chi connectivity index (χ0v) is 9.53. The second-order valence-electron chi connectivity index (χ2n) is 2.82. The fraction of sp³-hybridized carbons (Fsp3) is 0.200. The number of aromatic nitrogens is 1. The second-order valence-corrected chi connectivity index (χ2v) is 4.66. The summed E-state index contributed by atoms with van der Waals surface area (Å²) in [5.41, 5.74) is 0.213. The number of carbonyl (C=O) groups is 1. The normalized spacial score (nSPS) is 10.8. The molecule has 0 radical (unpaired) electrons. The van der Waals surface area contributed by atoms with Gasteiger partial charge < -0.3 is 4.74 Å². The molecule has 0 N–H and O–H groups in total. The standard InChI is InChI=1S/C10H11NO4S/c1-3-15-10(12)8-5-6-9(11-7-8)16(13,14)4-2/h4-7H,2-3H2,1H3. The van der Waals surface area contributed by atoms with Gasteiger partial charge in [0.25, 0.3) is 0 Å². The maximum absolute atomic E-state index is 11.3. The molecule has 6 heteroatoms. The van der Waals surface area contributed by atoms with Crippen LogP contribution in [-0.2, 0) is 14.6 Å². The number of carbonyl (C=O) groups excluding carboxylic acids is 1. The molecular formula is C10H11NO4S. The first kappa shape index (κ1) is 12.4. The van der Waals surface area contributed by atoms with E-state index in [4.69, 9.17) is 4.74 Å². The average Bonchev–Trinajstić information content (AvgIpc) is 2.29. The van der Waals surface area contributed by atoms with Gasteiger partial charge in [-0.3, -0.25) is 0 Å². The van der Waals surface area contributed by atoms with E-state index in [1.165, 1.54) is 12.1 Å². The van der Waals surface area contributed by atoms with Crippen LogP contribution in [0.3, 0.4) is 0 Å². The lowest BCUT2D eigenvalue weighted by Crippen LogP contribution is -2.06. The Bertz CT molecular complexity index is 490. The van der Waals surface area contributed by atoms with E-state index < -0.39 is 15.8 Å². The van der Waals surface area contributed by atoms with Crippen LogP contribution in [0.25, 0.3) is 0 Å². The molecule has 1 rings (SSSR count). The van der Waals surface area contributed by atoms with Crippen LogP contribution in [0.5, 0.6) is 0 Å². The number of hydrogen-bond acceptors (Lipinski definition) is 5. The fourth-order valence-electron chi connectivity index (χ4n) is 0.969. The van der Waals surface area contributed by atoms with Gasteiger partial charge in [-0.05, 0) is 19.1 Å². The van der Waals surface area contributed by atoms with Crippen molar-refractivity contribution in [2.24, 2.45) is 0 Å². The Hall–Kier alpha value is -1.69. The van der Waals surface area contributed by atoms with Crippen LogP contribution in [-0.4, -0.2) is 26.0 Å². The summed E-state index contributed by atoms with van der Waals surface area (Å²) in [4.78, 5) is 14.9. The quantitative estimate of drug-likeness (QED) is 0.740. The van der Waals surface area contributed by atoms with E-state index >= 15 is 0 Å². The molecule has 0 atom stereocenters. The minimum absolute atomic E-state index is 0.143. The molecule has 0 saturated carbocycles. The van der Waals surface area contributed by atoms with E-state index in [0.29, 0.717) is 0 Å². The smallest absolute Gasteiger partial charge is 0.339 e. The summed E-state index contributed by atoms with van der Waals surface area (Å²) in [6, 6.07) is 2.59. The number of nitrogens with zero attached hydrogens (tertiary/aromatic N) is 1. The van der Waals surface area contributed by atoms with E-state index in [1.807, 2.05) is 0 Å². The third kappa shape index (κ3) is 2.66. The van der Waals surface area contributed by atoms with E-state index in [1.54, 1.807) is 6.92 Å². The van der Waals surface area contributed by atoms with E-state index in [-0.39, 0.29) is 17.2 Å². The van der Waals surface area contributed by atoms with Crippen molar-refractivity contribution < 1.29 is 17.9 Å². The van der Waals surface area contributed by atoms with Gasteiger partial charge in [0.2, 0.25) is 9.84 Å². The molecule has 0 spiro atoms. The first-order valence-corrected chi connectivity index (χ1v) is 6.06. The molecule has 86 valence electrons. The van der Waals surface area contributed by atoms with Gasteiger partial charge in [0, 0.05) is 11.6 Å². The zero-order valence-electron chi connectivity index (χ0n) is 8.71. The molecule has 0 saturated heterocycles. The highest BCUT2D eigenvalue weighted by Gasteiger charge is 2.13.